The highest BCUT2D eigenvalue weighted by molar-refractivity contribution is 9.10. The molecule has 5 nitrogen and oxygen atoms in total. The quantitative estimate of drug-likeness (QED) is 0.685. The van der Waals surface area contributed by atoms with Crippen molar-refractivity contribution >= 4 is 27.5 Å². The van der Waals surface area contributed by atoms with Gasteiger partial charge in [-0.3, -0.25) is 4.79 Å². The fraction of sp³-hybridized carbons (Fsp3) is 0.571. The number of alkyl halides is 1. The van der Waals surface area contributed by atoms with Gasteiger partial charge in [-0.1, -0.05) is 28.1 Å². The Bertz CT molecular complexity index is 879. The summed E-state index contributed by atoms with van der Waals surface area (Å²) < 4.78 is 5.83. The molecule has 2 aromatic rings. The van der Waals surface area contributed by atoms with E-state index in [2.05, 4.69) is 31.4 Å². The lowest BCUT2D eigenvalue weighted by molar-refractivity contribution is -0.123. The minimum Gasteiger partial charge on any atom is -0.421 e. The van der Waals surface area contributed by atoms with E-state index in [1.807, 2.05) is 24.3 Å². The van der Waals surface area contributed by atoms with E-state index in [0.29, 0.717) is 18.2 Å². The lowest BCUT2D eigenvalue weighted by atomic mass is 9.48. The third-order valence-electron chi connectivity index (χ3n) is 6.60. The highest BCUT2D eigenvalue weighted by atomic mass is 79.9. The van der Waals surface area contributed by atoms with Crippen molar-refractivity contribution in [3.05, 3.63) is 30.2 Å². The number of hydrogen-bond donors (Lipinski definition) is 1. The van der Waals surface area contributed by atoms with Gasteiger partial charge in [-0.25, -0.2) is 0 Å². The molecule has 1 aromatic heterocycles. The molecule has 4 fully saturated rings. The summed E-state index contributed by atoms with van der Waals surface area (Å²) in [5.41, 5.74) is 1.67. The van der Waals surface area contributed by atoms with Crippen molar-refractivity contribution < 1.29 is 9.21 Å². The number of anilines is 1. The van der Waals surface area contributed by atoms with Crippen molar-refractivity contribution in [1.29, 1.82) is 0 Å². The molecule has 1 heterocycles. The molecule has 2 atom stereocenters. The number of para-hydroxylation sites is 1. The van der Waals surface area contributed by atoms with Gasteiger partial charge in [0.05, 0.1) is 11.3 Å². The van der Waals surface area contributed by atoms with Crippen molar-refractivity contribution in [2.24, 2.45) is 17.3 Å². The van der Waals surface area contributed by atoms with Crippen LogP contribution in [0.3, 0.4) is 0 Å². The second kappa shape index (κ2) is 6.16. The summed E-state index contributed by atoms with van der Waals surface area (Å²) >= 11 is 4.03. The number of aryl methyl sites for hydroxylation is 1. The first kappa shape index (κ1) is 17.4. The predicted molar refractivity (Wildman–Crippen MR) is 106 cm³/mol. The van der Waals surface area contributed by atoms with Gasteiger partial charge in [0, 0.05) is 17.7 Å². The minimum absolute atomic E-state index is 0.0942. The molecule has 0 spiro atoms. The smallest absolute Gasteiger partial charge is 0.249 e. The van der Waals surface area contributed by atoms with Gasteiger partial charge in [-0.15, -0.1) is 10.2 Å². The Morgan fingerprint density at radius 2 is 1.96 bits per heavy atom. The fourth-order valence-corrected chi connectivity index (χ4v) is 7.77. The zero-order chi connectivity index (χ0) is 18.6. The molecule has 1 N–H and O–H groups in total. The van der Waals surface area contributed by atoms with Crippen LogP contribution in [0.1, 0.15) is 50.8 Å². The second-order valence-electron chi connectivity index (χ2n) is 9.01. The van der Waals surface area contributed by atoms with Crippen molar-refractivity contribution in [3.63, 3.8) is 0 Å². The molecule has 4 aliphatic carbocycles. The van der Waals surface area contributed by atoms with E-state index in [0.717, 1.165) is 29.5 Å². The van der Waals surface area contributed by atoms with Crippen molar-refractivity contribution in [3.8, 4) is 11.5 Å². The van der Waals surface area contributed by atoms with Crippen LogP contribution in [0.4, 0.5) is 5.69 Å². The molecule has 6 rings (SSSR count). The zero-order valence-corrected chi connectivity index (χ0v) is 17.1. The molecule has 27 heavy (non-hydrogen) atoms. The summed E-state index contributed by atoms with van der Waals surface area (Å²) in [5.74, 6) is 2.62. The fourth-order valence-electron chi connectivity index (χ4n) is 6.26. The Labute approximate surface area is 167 Å². The van der Waals surface area contributed by atoms with Gasteiger partial charge in [0.2, 0.25) is 17.7 Å². The second-order valence-corrected chi connectivity index (χ2v) is 10.7. The summed E-state index contributed by atoms with van der Waals surface area (Å²) in [4.78, 5) is 13.0. The number of hydrogen-bond acceptors (Lipinski definition) is 4. The normalized spacial score (nSPS) is 34.0. The van der Waals surface area contributed by atoms with Gasteiger partial charge in [-0.2, -0.15) is 0 Å². The molecular weight excluding hydrogens is 406 g/mol. The van der Waals surface area contributed by atoms with E-state index in [-0.39, 0.29) is 15.6 Å². The SMILES string of the molecule is Cc1nnc(-c2ccccc2NC(=O)CC23CC4CC(CC(Br)(C4)C2)C3)o1. The van der Waals surface area contributed by atoms with Crippen LogP contribution in [-0.2, 0) is 4.79 Å². The standard InChI is InChI=1S/C21H24BrN3O2/c1-13-24-25-19(27-13)16-4-2-3-5-17(16)23-18(26)11-20-7-14-6-15(8-20)10-21(22,9-14)12-20/h2-5,14-15H,6-12H2,1H3,(H,23,26). The summed E-state index contributed by atoms with van der Waals surface area (Å²) in [6.45, 7) is 1.76. The van der Waals surface area contributed by atoms with Crippen LogP contribution in [0, 0.1) is 24.2 Å². The van der Waals surface area contributed by atoms with Crippen molar-refractivity contribution in [2.75, 3.05) is 5.32 Å². The Hall–Kier alpha value is -1.69. The van der Waals surface area contributed by atoms with Gasteiger partial charge < -0.3 is 9.73 Å². The van der Waals surface area contributed by atoms with Gasteiger partial charge in [0.15, 0.2) is 0 Å². The Balaban J connectivity index is 1.35. The zero-order valence-electron chi connectivity index (χ0n) is 15.5. The van der Waals surface area contributed by atoms with Crippen LogP contribution in [0.2, 0.25) is 0 Å². The van der Waals surface area contributed by atoms with Crippen LogP contribution in [-0.4, -0.2) is 20.4 Å². The molecule has 1 aromatic carbocycles. The highest BCUT2D eigenvalue weighted by Crippen LogP contribution is 2.65. The molecule has 0 radical (unpaired) electrons. The first-order valence-corrected chi connectivity index (χ1v) is 10.6. The largest absolute Gasteiger partial charge is 0.421 e. The number of aromatic nitrogens is 2. The Morgan fingerprint density at radius 3 is 2.63 bits per heavy atom. The third-order valence-corrected chi connectivity index (χ3v) is 7.53. The summed E-state index contributed by atoms with van der Waals surface area (Å²) in [7, 11) is 0. The molecule has 142 valence electrons. The van der Waals surface area contributed by atoms with Crippen molar-refractivity contribution in [2.45, 2.75) is 56.2 Å². The highest BCUT2D eigenvalue weighted by Gasteiger charge is 2.57. The molecule has 0 aliphatic heterocycles. The number of nitrogens with one attached hydrogen (secondary N) is 1. The number of carbonyl (C=O) groups is 1. The summed E-state index contributed by atoms with van der Waals surface area (Å²) in [6.07, 6.45) is 8.06. The van der Waals surface area contributed by atoms with Gasteiger partial charge in [-0.05, 0) is 67.9 Å². The average Bonchev–Trinajstić information content (AvgIpc) is 2.98. The number of amides is 1. The van der Waals surface area contributed by atoms with Crippen molar-refractivity contribution in [1.82, 2.24) is 10.2 Å². The van der Waals surface area contributed by atoms with Gasteiger partial charge >= 0.3 is 0 Å². The van der Waals surface area contributed by atoms with Crippen LogP contribution in [0.15, 0.2) is 28.7 Å². The number of halogens is 1. The Kier molecular flexibility index (Phi) is 3.97. The van der Waals surface area contributed by atoms with E-state index in [9.17, 15) is 4.79 Å². The van der Waals surface area contributed by atoms with Crippen LogP contribution >= 0.6 is 15.9 Å². The minimum atomic E-state index is 0.0942. The molecule has 4 saturated carbocycles. The molecule has 4 aliphatic rings. The van der Waals surface area contributed by atoms with Crippen LogP contribution in [0.5, 0.6) is 0 Å². The molecule has 2 unspecified atom stereocenters. The summed E-state index contributed by atoms with van der Waals surface area (Å²) in [5, 5.41) is 11.1. The monoisotopic (exact) mass is 429 g/mol. The molecular formula is C21H24BrN3O2. The number of rotatable bonds is 4. The van der Waals surface area contributed by atoms with E-state index in [4.69, 9.17) is 4.42 Å². The molecule has 4 bridgehead atoms. The van der Waals surface area contributed by atoms with Crippen LogP contribution in [0.25, 0.3) is 11.5 Å². The van der Waals surface area contributed by atoms with Crippen LogP contribution < -0.4 is 5.32 Å². The average molecular weight is 430 g/mol. The predicted octanol–water partition coefficient (Wildman–Crippen LogP) is 5.11. The number of benzene rings is 1. The number of carbonyl (C=O) groups excluding carboxylic acids is 1. The van der Waals surface area contributed by atoms with Gasteiger partial charge in [0.25, 0.3) is 0 Å². The lowest BCUT2D eigenvalue weighted by Gasteiger charge is -2.60. The molecule has 0 saturated heterocycles. The molecule has 1 amide bonds. The number of nitrogens with zero attached hydrogens (tertiary/aromatic N) is 2. The lowest BCUT2D eigenvalue weighted by Crippen LogP contribution is -2.53. The van der Waals surface area contributed by atoms with Gasteiger partial charge in [0.1, 0.15) is 0 Å². The summed E-state index contributed by atoms with van der Waals surface area (Å²) in [6, 6.07) is 7.64. The van der Waals surface area contributed by atoms with E-state index in [1.54, 1.807) is 6.92 Å². The molecule has 6 heteroatoms. The first-order valence-electron chi connectivity index (χ1n) is 9.80. The maximum atomic E-state index is 13.0. The van der Waals surface area contributed by atoms with E-state index < -0.39 is 0 Å². The first-order chi connectivity index (χ1) is 12.9. The third kappa shape index (κ3) is 3.22. The maximum absolute atomic E-state index is 13.0. The Morgan fingerprint density at radius 1 is 1.22 bits per heavy atom. The van der Waals surface area contributed by atoms with E-state index >= 15 is 0 Å². The van der Waals surface area contributed by atoms with E-state index in [1.165, 1.54) is 32.1 Å². The maximum Gasteiger partial charge on any atom is 0.249 e. The topological polar surface area (TPSA) is 68.0 Å².